The summed E-state index contributed by atoms with van der Waals surface area (Å²) in [7, 11) is 0. The average molecular weight is 195 g/mol. The second kappa shape index (κ2) is 3.35. The molecule has 1 aromatic rings. The highest BCUT2D eigenvalue weighted by Crippen LogP contribution is 2.29. The first-order valence-electron chi connectivity index (χ1n) is 3.26. The smallest absolute Gasteiger partial charge is 0.206 e. The number of hydrogen-bond donors (Lipinski definition) is 0. The molecule has 0 aromatic heterocycles. The van der Waals surface area contributed by atoms with Crippen LogP contribution in [0.25, 0.3) is 0 Å². The van der Waals surface area contributed by atoms with E-state index in [1.54, 1.807) is 0 Å². The van der Waals surface area contributed by atoms with Crippen molar-refractivity contribution in [3.8, 4) is 0 Å². The molecule has 0 aliphatic heterocycles. The first-order chi connectivity index (χ1) is 5.54. The van der Waals surface area contributed by atoms with Gasteiger partial charge in [-0.25, -0.2) is 13.2 Å². The summed E-state index contributed by atoms with van der Waals surface area (Å²) in [5.41, 5.74) is -0.505. The van der Waals surface area contributed by atoms with Gasteiger partial charge in [0.25, 0.3) is 6.43 Å². The number of rotatable bonds is 1. The van der Waals surface area contributed by atoms with Crippen molar-refractivity contribution in [3.63, 3.8) is 0 Å². The highest BCUT2D eigenvalue weighted by atomic mass is 35.5. The first kappa shape index (κ1) is 9.39. The zero-order chi connectivity index (χ0) is 9.30. The van der Waals surface area contributed by atoms with Gasteiger partial charge in [0.1, 0.15) is 5.82 Å². The fraction of sp³-hybridized carbons (Fsp3) is 0.250. The third-order valence-corrected chi connectivity index (χ3v) is 2.02. The van der Waals surface area contributed by atoms with Gasteiger partial charge in [-0.05, 0) is 24.6 Å². The summed E-state index contributed by atoms with van der Waals surface area (Å²) in [5, 5.41) is 0.159. The molecule has 0 radical (unpaired) electrons. The van der Waals surface area contributed by atoms with Crippen LogP contribution < -0.4 is 0 Å². The summed E-state index contributed by atoms with van der Waals surface area (Å²) in [6.07, 6.45) is -2.82. The molecule has 1 aromatic carbocycles. The fourth-order valence-electron chi connectivity index (χ4n) is 0.937. The quantitative estimate of drug-likeness (QED) is 0.639. The summed E-state index contributed by atoms with van der Waals surface area (Å²) in [6, 6.07) is 2.20. The van der Waals surface area contributed by atoms with E-state index in [2.05, 4.69) is 0 Å². The lowest BCUT2D eigenvalue weighted by atomic mass is 10.1. The highest BCUT2D eigenvalue weighted by molar-refractivity contribution is 6.31. The van der Waals surface area contributed by atoms with Gasteiger partial charge in [-0.1, -0.05) is 11.6 Å². The Bertz CT molecular complexity index is 297. The van der Waals surface area contributed by atoms with Gasteiger partial charge in [0.05, 0.1) is 5.56 Å². The molecular weight excluding hydrogens is 189 g/mol. The molecule has 0 bridgehead atoms. The first-order valence-corrected chi connectivity index (χ1v) is 3.64. The summed E-state index contributed by atoms with van der Waals surface area (Å²) < 4.78 is 37.1. The molecule has 0 fully saturated rings. The van der Waals surface area contributed by atoms with Gasteiger partial charge < -0.3 is 0 Å². The van der Waals surface area contributed by atoms with Crippen molar-refractivity contribution in [2.24, 2.45) is 0 Å². The van der Waals surface area contributed by atoms with Crippen LogP contribution in [0, 0.1) is 12.7 Å². The van der Waals surface area contributed by atoms with E-state index >= 15 is 0 Å². The average Bonchev–Trinajstić information content (AvgIpc) is 1.97. The second-order valence-electron chi connectivity index (χ2n) is 2.37. The molecule has 4 heteroatoms. The van der Waals surface area contributed by atoms with Crippen LogP contribution in [-0.4, -0.2) is 0 Å². The van der Waals surface area contributed by atoms with Gasteiger partial charge in [0.2, 0.25) is 0 Å². The zero-order valence-corrected chi connectivity index (χ0v) is 7.00. The maximum Gasteiger partial charge on any atom is 0.266 e. The van der Waals surface area contributed by atoms with E-state index in [4.69, 9.17) is 11.6 Å². The lowest BCUT2D eigenvalue weighted by Gasteiger charge is -2.06. The molecule has 0 heterocycles. The van der Waals surface area contributed by atoms with Gasteiger partial charge in [0.15, 0.2) is 0 Å². The molecule has 0 atom stereocenters. The fourth-order valence-corrected chi connectivity index (χ4v) is 1.10. The normalized spacial score (nSPS) is 10.8. The van der Waals surface area contributed by atoms with Crippen LogP contribution >= 0.6 is 11.6 Å². The van der Waals surface area contributed by atoms with E-state index in [9.17, 15) is 13.2 Å². The molecule has 0 aliphatic carbocycles. The van der Waals surface area contributed by atoms with Crippen molar-refractivity contribution in [1.29, 1.82) is 0 Å². The molecule has 0 saturated heterocycles. The van der Waals surface area contributed by atoms with E-state index in [0.29, 0.717) is 0 Å². The Morgan fingerprint density at radius 1 is 1.33 bits per heavy atom. The van der Waals surface area contributed by atoms with E-state index in [-0.39, 0.29) is 10.6 Å². The minimum Gasteiger partial charge on any atom is -0.206 e. The van der Waals surface area contributed by atoms with Crippen LogP contribution in [0.4, 0.5) is 13.2 Å². The molecular formula is C8H6ClF3. The van der Waals surface area contributed by atoms with E-state index < -0.39 is 17.8 Å². The highest BCUT2D eigenvalue weighted by Gasteiger charge is 2.17. The van der Waals surface area contributed by atoms with Crippen LogP contribution in [0.3, 0.4) is 0 Å². The van der Waals surface area contributed by atoms with Crippen molar-refractivity contribution >= 4 is 11.6 Å². The molecule has 0 unspecified atom stereocenters. The van der Waals surface area contributed by atoms with Gasteiger partial charge in [-0.15, -0.1) is 0 Å². The van der Waals surface area contributed by atoms with Crippen molar-refractivity contribution in [1.82, 2.24) is 0 Å². The van der Waals surface area contributed by atoms with E-state index in [1.165, 1.54) is 13.0 Å². The molecule has 0 nitrogen and oxygen atoms in total. The molecule has 0 aliphatic rings. The Kier molecular flexibility index (Phi) is 2.62. The SMILES string of the molecule is Cc1c(Cl)ccc(F)c1C(F)F. The summed E-state index contributed by atoms with van der Waals surface area (Å²) >= 11 is 5.53. The number of benzene rings is 1. The largest absolute Gasteiger partial charge is 0.266 e. The van der Waals surface area contributed by atoms with Crippen LogP contribution in [0.2, 0.25) is 5.02 Å². The minimum absolute atomic E-state index is 0.103. The van der Waals surface area contributed by atoms with Gasteiger partial charge in [0, 0.05) is 5.02 Å². The second-order valence-corrected chi connectivity index (χ2v) is 2.78. The Labute approximate surface area is 73.0 Å². The summed E-state index contributed by atoms with van der Waals surface area (Å²) in [4.78, 5) is 0. The van der Waals surface area contributed by atoms with Gasteiger partial charge in [-0.3, -0.25) is 0 Å². The molecule has 0 spiro atoms. The zero-order valence-electron chi connectivity index (χ0n) is 6.24. The summed E-state index contributed by atoms with van der Waals surface area (Å²) in [5.74, 6) is -0.910. The molecule has 1 rings (SSSR count). The lowest BCUT2D eigenvalue weighted by molar-refractivity contribution is 0.145. The van der Waals surface area contributed by atoms with Crippen molar-refractivity contribution in [2.45, 2.75) is 13.3 Å². The maximum absolute atomic E-state index is 12.7. The lowest BCUT2D eigenvalue weighted by Crippen LogP contribution is -1.95. The molecule has 0 amide bonds. The van der Waals surface area contributed by atoms with Crippen molar-refractivity contribution in [2.75, 3.05) is 0 Å². The number of halogens is 4. The van der Waals surface area contributed by atoms with E-state index in [0.717, 1.165) is 6.07 Å². The Morgan fingerprint density at radius 3 is 2.33 bits per heavy atom. The van der Waals surface area contributed by atoms with Crippen molar-refractivity contribution in [3.05, 3.63) is 34.1 Å². The van der Waals surface area contributed by atoms with Crippen LogP contribution in [0.1, 0.15) is 17.6 Å². The maximum atomic E-state index is 12.7. The molecule has 66 valence electrons. The Morgan fingerprint density at radius 2 is 1.92 bits per heavy atom. The molecule has 12 heavy (non-hydrogen) atoms. The minimum atomic E-state index is -2.82. The molecule has 0 N–H and O–H groups in total. The van der Waals surface area contributed by atoms with Crippen LogP contribution in [-0.2, 0) is 0 Å². The predicted molar refractivity (Wildman–Crippen MR) is 41.1 cm³/mol. The predicted octanol–water partition coefficient (Wildman–Crippen LogP) is 3.73. The Hall–Kier alpha value is -0.700. The van der Waals surface area contributed by atoms with Gasteiger partial charge in [-0.2, -0.15) is 0 Å². The van der Waals surface area contributed by atoms with Crippen molar-refractivity contribution < 1.29 is 13.2 Å². The monoisotopic (exact) mass is 194 g/mol. The number of hydrogen-bond acceptors (Lipinski definition) is 0. The van der Waals surface area contributed by atoms with Crippen LogP contribution in [0.5, 0.6) is 0 Å². The number of alkyl halides is 2. The van der Waals surface area contributed by atoms with Crippen LogP contribution in [0.15, 0.2) is 12.1 Å². The molecule has 0 saturated carbocycles. The van der Waals surface area contributed by atoms with Gasteiger partial charge >= 0.3 is 0 Å². The Balaban J connectivity index is 3.33. The third-order valence-electron chi connectivity index (χ3n) is 1.61. The summed E-state index contributed by atoms with van der Waals surface area (Å²) in [6.45, 7) is 1.37. The topological polar surface area (TPSA) is 0 Å². The third kappa shape index (κ3) is 1.55. The standard InChI is InChI=1S/C8H6ClF3/c1-4-5(9)2-3-6(10)7(4)8(11)12/h2-3,8H,1H3. The van der Waals surface area contributed by atoms with E-state index in [1.807, 2.05) is 0 Å².